The van der Waals surface area contributed by atoms with E-state index in [1.165, 1.54) is 7.11 Å². The first-order valence-electron chi connectivity index (χ1n) is 10.3. The Kier molecular flexibility index (Phi) is 6.60. The van der Waals surface area contributed by atoms with Crippen molar-refractivity contribution in [1.82, 2.24) is 9.88 Å². The summed E-state index contributed by atoms with van der Waals surface area (Å²) >= 11 is 12.3. The van der Waals surface area contributed by atoms with Gasteiger partial charge in [0.05, 0.1) is 18.8 Å². The molecule has 1 atom stereocenters. The van der Waals surface area contributed by atoms with Crippen molar-refractivity contribution < 1.29 is 14.3 Å². The first-order valence-corrected chi connectivity index (χ1v) is 11.1. The van der Waals surface area contributed by atoms with Crippen LogP contribution >= 0.6 is 23.2 Å². The molecule has 3 aromatic rings. The lowest BCUT2D eigenvalue weighted by atomic mass is 10.1. The molecule has 9 heteroatoms. The number of nitrogens with zero attached hydrogens (tertiary/aromatic N) is 2. The summed E-state index contributed by atoms with van der Waals surface area (Å²) < 4.78 is 4.88. The fourth-order valence-corrected chi connectivity index (χ4v) is 4.34. The summed E-state index contributed by atoms with van der Waals surface area (Å²) in [6, 6.07) is 12.6. The van der Waals surface area contributed by atoms with Crippen LogP contribution in [0.1, 0.15) is 17.4 Å². The van der Waals surface area contributed by atoms with Crippen LogP contribution in [0.25, 0.3) is 10.9 Å². The van der Waals surface area contributed by atoms with Crippen molar-refractivity contribution in [2.45, 2.75) is 13.0 Å². The summed E-state index contributed by atoms with van der Waals surface area (Å²) in [5.41, 5.74) is 2.33. The van der Waals surface area contributed by atoms with E-state index < -0.39 is 5.97 Å². The first-order chi connectivity index (χ1) is 15.4. The van der Waals surface area contributed by atoms with Gasteiger partial charge in [0.25, 0.3) is 0 Å². The van der Waals surface area contributed by atoms with Crippen LogP contribution in [-0.2, 0) is 9.53 Å². The number of hydrogen-bond acceptors (Lipinski definition) is 5. The van der Waals surface area contributed by atoms with Gasteiger partial charge in [-0.25, -0.2) is 4.79 Å². The molecule has 2 N–H and O–H groups in total. The predicted octanol–water partition coefficient (Wildman–Crippen LogP) is 4.41. The van der Waals surface area contributed by atoms with Crippen molar-refractivity contribution in [2.24, 2.45) is 0 Å². The van der Waals surface area contributed by atoms with Crippen molar-refractivity contribution in [3.05, 3.63) is 58.2 Å². The zero-order valence-corrected chi connectivity index (χ0v) is 19.3. The van der Waals surface area contributed by atoms with Crippen molar-refractivity contribution in [1.29, 1.82) is 0 Å². The van der Waals surface area contributed by atoms with Crippen LogP contribution < -0.4 is 10.2 Å². The Morgan fingerprint density at radius 2 is 1.78 bits per heavy atom. The number of halogens is 2. The molecule has 0 bridgehead atoms. The maximum Gasteiger partial charge on any atom is 0.356 e. The number of carbonyl (C=O) groups excluding carboxylic acids is 2. The van der Waals surface area contributed by atoms with Gasteiger partial charge in [-0.2, -0.15) is 0 Å². The molecule has 2 aromatic carbocycles. The van der Waals surface area contributed by atoms with Gasteiger partial charge in [-0.05, 0) is 43.3 Å². The SMILES string of the molecule is COC(=O)c1[nH]c2ccc(Cl)cc2c1NC(=O)[C@@H](C)N1CCN(c2cccc(Cl)c2)CC1. The molecule has 0 spiro atoms. The third-order valence-electron chi connectivity index (χ3n) is 5.81. The van der Waals surface area contributed by atoms with Gasteiger partial charge in [0.15, 0.2) is 0 Å². The molecule has 4 rings (SSSR count). The Labute approximate surface area is 196 Å². The number of aromatic nitrogens is 1. The van der Waals surface area contributed by atoms with Crippen LogP contribution in [0.15, 0.2) is 42.5 Å². The molecule has 2 heterocycles. The highest BCUT2D eigenvalue weighted by Crippen LogP contribution is 2.31. The van der Waals surface area contributed by atoms with Crippen molar-refractivity contribution in [3.8, 4) is 0 Å². The molecule has 1 aliphatic rings. The van der Waals surface area contributed by atoms with E-state index >= 15 is 0 Å². The second kappa shape index (κ2) is 9.40. The first kappa shape index (κ1) is 22.5. The van der Waals surface area contributed by atoms with Crippen molar-refractivity contribution >= 4 is 57.4 Å². The summed E-state index contributed by atoms with van der Waals surface area (Å²) in [6.45, 7) is 4.89. The zero-order chi connectivity index (χ0) is 22.8. The van der Waals surface area contributed by atoms with E-state index in [-0.39, 0.29) is 17.6 Å². The van der Waals surface area contributed by atoms with Gasteiger partial charge in [-0.15, -0.1) is 0 Å². The molecule has 0 radical (unpaired) electrons. The number of anilines is 2. The number of ether oxygens (including phenoxy) is 1. The number of methoxy groups -OCH3 is 1. The number of hydrogen-bond donors (Lipinski definition) is 2. The third-order valence-corrected chi connectivity index (χ3v) is 6.28. The van der Waals surface area contributed by atoms with Crippen LogP contribution in [0.3, 0.4) is 0 Å². The van der Waals surface area contributed by atoms with Gasteiger partial charge in [0.1, 0.15) is 5.69 Å². The highest BCUT2D eigenvalue weighted by atomic mass is 35.5. The summed E-state index contributed by atoms with van der Waals surface area (Å²) in [6.07, 6.45) is 0. The number of piperazine rings is 1. The van der Waals surface area contributed by atoms with Gasteiger partial charge in [0, 0.05) is 52.8 Å². The van der Waals surface area contributed by atoms with Crippen LogP contribution in [0.5, 0.6) is 0 Å². The minimum Gasteiger partial charge on any atom is -0.464 e. The summed E-state index contributed by atoms with van der Waals surface area (Å²) in [7, 11) is 1.30. The predicted molar refractivity (Wildman–Crippen MR) is 128 cm³/mol. The van der Waals surface area contributed by atoms with Crippen molar-refractivity contribution in [2.75, 3.05) is 43.5 Å². The Bertz CT molecular complexity index is 1160. The third kappa shape index (κ3) is 4.55. The standard InChI is InChI=1S/C23H24Cl2N4O3/c1-14(28-8-10-29(11-9-28)17-5-3-4-15(24)12-17)22(30)27-20-18-13-16(25)6-7-19(18)26-21(20)23(31)32-2/h3-7,12-14,26H,8-11H2,1-2H3,(H,27,30)/t14-/m1/s1. The molecule has 1 amide bonds. The normalized spacial score (nSPS) is 15.6. The maximum absolute atomic E-state index is 13.1. The number of benzene rings is 2. The lowest BCUT2D eigenvalue weighted by Crippen LogP contribution is -2.52. The van der Waals surface area contributed by atoms with E-state index in [4.69, 9.17) is 27.9 Å². The van der Waals surface area contributed by atoms with Gasteiger partial charge >= 0.3 is 5.97 Å². The fraction of sp³-hybridized carbons (Fsp3) is 0.304. The monoisotopic (exact) mass is 474 g/mol. The molecular weight excluding hydrogens is 451 g/mol. The highest BCUT2D eigenvalue weighted by molar-refractivity contribution is 6.31. The number of fused-ring (bicyclic) bond motifs is 1. The van der Waals surface area contributed by atoms with Crippen LogP contribution in [-0.4, -0.2) is 61.1 Å². The van der Waals surface area contributed by atoms with Crippen LogP contribution in [0, 0.1) is 0 Å². The summed E-state index contributed by atoms with van der Waals surface area (Å²) in [5, 5.41) is 4.79. The maximum atomic E-state index is 13.1. The second-order valence-electron chi connectivity index (χ2n) is 7.72. The van der Waals surface area contributed by atoms with Gasteiger partial charge < -0.3 is 19.9 Å². The molecule has 7 nitrogen and oxygen atoms in total. The minimum absolute atomic E-state index is 0.191. The van der Waals surface area contributed by atoms with E-state index in [0.717, 1.165) is 31.9 Å². The molecule has 1 aromatic heterocycles. The van der Waals surface area contributed by atoms with Crippen molar-refractivity contribution in [3.63, 3.8) is 0 Å². The molecule has 32 heavy (non-hydrogen) atoms. The van der Waals surface area contributed by atoms with E-state index in [2.05, 4.69) is 20.1 Å². The second-order valence-corrected chi connectivity index (χ2v) is 8.60. The summed E-state index contributed by atoms with van der Waals surface area (Å²) in [5.74, 6) is -0.761. The van der Waals surface area contributed by atoms with Crippen LogP contribution in [0.2, 0.25) is 10.0 Å². The number of aromatic amines is 1. The number of nitrogens with one attached hydrogen (secondary N) is 2. The molecule has 0 aliphatic carbocycles. The lowest BCUT2D eigenvalue weighted by Gasteiger charge is -2.38. The zero-order valence-electron chi connectivity index (χ0n) is 17.8. The fourth-order valence-electron chi connectivity index (χ4n) is 3.98. The largest absolute Gasteiger partial charge is 0.464 e. The lowest BCUT2D eigenvalue weighted by molar-refractivity contribution is -0.120. The van der Waals surface area contributed by atoms with Gasteiger partial charge in [0.2, 0.25) is 5.91 Å². The van der Waals surface area contributed by atoms with E-state index in [1.54, 1.807) is 18.2 Å². The Morgan fingerprint density at radius 3 is 2.47 bits per heavy atom. The molecular formula is C23H24Cl2N4O3. The Morgan fingerprint density at radius 1 is 1.06 bits per heavy atom. The Balaban J connectivity index is 1.48. The number of amides is 1. The molecule has 1 fully saturated rings. The highest BCUT2D eigenvalue weighted by Gasteiger charge is 2.28. The van der Waals surface area contributed by atoms with Gasteiger partial charge in [-0.1, -0.05) is 29.3 Å². The molecule has 0 saturated carbocycles. The summed E-state index contributed by atoms with van der Waals surface area (Å²) in [4.78, 5) is 32.8. The topological polar surface area (TPSA) is 77.7 Å². The van der Waals surface area contributed by atoms with Crippen LogP contribution in [0.4, 0.5) is 11.4 Å². The quantitative estimate of drug-likeness (QED) is 0.535. The molecule has 1 saturated heterocycles. The minimum atomic E-state index is -0.560. The number of rotatable bonds is 5. The smallest absolute Gasteiger partial charge is 0.356 e. The molecule has 0 unspecified atom stereocenters. The number of esters is 1. The molecule has 168 valence electrons. The average molecular weight is 475 g/mol. The van der Waals surface area contributed by atoms with E-state index in [1.807, 2.05) is 31.2 Å². The average Bonchev–Trinajstić information content (AvgIpc) is 3.15. The van der Waals surface area contributed by atoms with E-state index in [0.29, 0.717) is 26.6 Å². The van der Waals surface area contributed by atoms with E-state index in [9.17, 15) is 9.59 Å². The Hall–Kier alpha value is -2.74. The molecule has 1 aliphatic heterocycles. The number of H-pyrrole nitrogens is 1. The number of carbonyl (C=O) groups is 2. The van der Waals surface area contributed by atoms with Gasteiger partial charge in [-0.3, -0.25) is 9.69 Å².